The predicted molar refractivity (Wildman–Crippen MR) is 72.6 cm³/mol. The molecule has 0 bridgehead atoms. The second-order valence-corrected chi connectivity index (χ2v) is 6.54. The van der Waals surface area contributed by atoms with E-state index in [1.165, 1.54) is 4.31 Å². The van der Waals surface area contributed by atoms with Crippen molar-refractivity contribution < 1.29 is 8.42 Å². The summed E-state index contributed by atoms with van der Waals surface area (Å²) in [7, 11) is -1.52. The summed E-state index contributed by atoms with van der Waals surface area (Å²) in [6.45, 7) is 2.22. The third kappa shape index (κ3) is 4.00. The molecule has 0 saturated carbocycles. The molecule has 2 heterocycles. The van der Waals surface area contributed by atoms with Crippen LogP contribution in [0.15, 0.2) is 12.4 Å². The molecule has 3 N–H and O–H groups in total. The quantitative estimate of drug-likeness (QED) is 0.668. The first-order valence-corrected chi connectivity index (χ1v) is 7.93. The summed E-state index contributed by atoms with van der Waals surface area (Å²) in [5.41, 5.74) is 0. The highest BCUT2D eigenvalue weighted by Crippen LogP contribution is 2.17. The number of imidazole rings is 1. The molecule has 8 heteroatoms. The average Bonchev–Trinajstić information content (AvgIpc) is 2.90. The standard InChI is InChI=1S/C11H21N5O2S/c1-12-7-10-3-2-6-16(9-10)19(17,18)15-8-11-13-4-5-14-11/h4-5,10,12,15H,2-3,6-9H2,1H3,(H,13,14). The molecule has 19 heavy (non-hydrogen) atoms. The number of aromatic amines is 1. The summed E-state index contributed by atoms with van der Waals surface area (Å²) in [6.07, 6.45) is 5.26. The van der Waals surface area contributed by atoms with E-state index >= 15 is 0 Å². The van der Waals surface area contributed by atoms with Crippen molar-refractivity contribution in [2.24, 2.45) is 5.92 Å². The summed E-state index contributed by atoms with van der Waals surface area (Å²) in [5, 5.41) is 3.11. The molecule has 0 amide bonds. The third-order valence-corrected chi connectivity index (χ3v) is 4.81. The number of H-pyrrole nitrogens is 1. The first-order chi connectivity index (χ1) is 9.12. The normalized spacial score (nSPS) is 21.6. The minimum atomic E-state index is -3.42. The van der Waals surface area contributed by atoms with E-state index in [2.05, 4.69) is 20.0 Å². The molecule has 1 aromatic rings. The molecule has 0 aliphatic carbocycles. The van der Waals surface area contributed by atoms with E-state index < -0.39 is 10.2 Å². The Hall–Kier alpha value is -0.960. The maximum absolute atomic E-state index is 12.2. The van der Waals surface area contributed by atoms with Gasteiger partial charge in [-0.3, -0.25) is 0 Å². The molecule has 1 unspecified atom stereocenters. The van der Waals surface area contributed by atoms with Crippen molar-refractivity contribution in [2.75, 3.05) is 26.7 Å². The molecule has 108 valence electrons. The minimum Gasteiger partial charge on any atom is -0.347 e. The van der Waals surface area contributed by atoms with Crippen molar-refractivity contribution >= 4 is 10.2 Å². The van der Waals surface area contributed by atoms with Gasteiger partial charge < -0.3 is 10.3 Å². The number of nitrogens with one attached hydrogen (secondary N) is 3. The van der Waals surface area contributed by atoms with Gasteiger partial charge in [0.2, 0.25) is 0 Å². The molecule has 2 rings (SSSR count). The SMILES string of the molecule is CNCC1CCCN(S(=O)(=O)NCc2ncc[nH]2)C1. The maximum atomic E-state index is 12.2. The number of rotatable bonds is 6. The second-order valence-electron chi connectivity index (χ2n) is 4.79. The second kappa shape index (κ2) is 6.47. The van der Waals surface area contributed by atoms with Crippen molar-refractivity contribution in [3.05, 3.63) is 18.2 Å². The number of aromatic nitrogens is 2. The number of nitrogens with zero attached hydrogens (tertiary/aromatic N) is 2. The maximum Gasteiger partial charge on any atom is 0.279 e. The van der Waals surface area contributed by atoms with Crippen LogP contribution in [0.1, 0.15) is 18.7 Å². The van der Waals surface area contributed by atoms with E-state index in [0.717, 1.165) is 19.4 Å². The molecule has 1 fully saturated rings. The fourth-order valence-corrected chi connectivity index (χ4v) is 3.62. The Morgan fingerprint density at radius 1 is 1.58 bits per heavy atom. The number of hydrogen-bond donors (Lipinski definition) is 3. The smallest absolute Gasteiger partial charge is 0.279 e. The van der Waals surface area contributed by atoms with E-state index in [1.54, 1.807) is 12.4 Å². The van der Waals surface area contributed by atoms with Gasteiger partial charge in [0, 0.05) is 25.5 Å². The van der Waals surface area contributed by atoms with Gasteiger partial charge in [0.25, 0.3) is 10.2 Å². The average molecular weight is 287 g/mol. The van der Waals surface area contributed by atoms with Crippen LogP contribution in [-0.4, -0.2) is 49.4 Å². The van der Waals surface area contributed by atoms with Crippen LogP contribution in [0.2, 0.25) is 0 Å². The van der Waals surface area contributed by atoms with Gasteiger partial charge in [-0.1, -0.05) is 0 Å². The van der Waals surface area contributed by atoms with Gasteiger partial charge in [-0.15, -0.1) is 0 Å². The topological polar surface area (TPSA) is 90.1 Å². The van der Waals surface area contributed by atoms with E-state index in [1.807, 2.05) is 7.05 Å². The van der Waals surface area contributed by atoms with Crippen LogP contribution in [0.4, 0.5) is 0 Å². The van der Waals surface area contributed by atoms with Crippen LogP contribution in [0, 0.1) is 5.92 Å². The monoisotopic (exact) mass is 287 g/mol. The largest absolute Gasteiger partial charge is 0.347 e. The Morgan fingerprint density at radius 2 is 2.42 bits per heavy atom. The summed E-state index contributed by atoms with van der Waals surface area (Å²) in [6, 6.07) is 0. The third-order valence-electron chi connectivity index (χ3n) is 3.29. The lowest BCUT2D eigenvalue weighted by molar-refractivity contribution is 0.260. The number of piperidine rings is 1. The van der Waals surface area contributed by atoms with Gasteiger partial charge in [-0.05, 0) is 32.4 Å². The zero-order valence-corrected chi connectivity index (χ0v) is 11.9. The molecule has 1 saturated heterocycles. The van der Waals surface area contributed by atoms with Gasteiger partial charge in [0.15, 0.2) is 0 Å². The lowest BCUT2D eigenvalue weighted by Gasteiger charge is -2.31. The Balaban J connectivity index is 1.91. The molecule has 1 aliphatic heterocycles. The Labute approximate surface area is 114 Å². The molecule has 1 atom stereocenters. The van der Waals surface area contributed by atoms with E-state index in [4.69, 9.17) is 0 Å². The van der Waals surface area contributed by atoms with Crippen molar-refractivity contribution in [2.45, 2.75) is 19.4 Å². The lowest BCUT2D eigenvalue weighted by Crippen LogP contribution is -2.47. The van der Waals surface area contributed by atoms with Crippen LogP contribution in [-0.2, 0) is 16.8 Å². The molecule has 1 aromatic heterocycles. The van der Waals surface area contributed by atoms with Crippen molar-refractivity contribution in [1.82, 2.24) is 24.3 Å². The molecule has 0 radical (unpaired) electrons. The minimum absolute atomic E-state index is 0.197. The van der Waals surface area contributed by atoms with Gasteiger partial charge in [-0.25, -0.2) is 4.98 Å². The van der Waals surface area contributed by atoms with Crippen molar-refractivity contribution in [3.63, 3.8) is 0 Å². The molecule has 1 aliphatic rings. The lowest BCUT2D eigenvalue weighted by atomic mass is 10.00. The summed E-state index contributed by atoms with van der Waals surface area (Å²) >= 11 is 0. The van der Waals surface area contributed by atoms with Crippen LogP contribution in [0.3, 0.4) is 0 Å². The highest BCUT2D eigenvalue weighted by molar-refractivity contribution is 7.87. The fourth-order valence-electron chi connectivity index (χ4n) is 2.35. The molecule has 0 aromatic carbocycles. The highest BCUT2D eigenvalue weighted by atomic mass is 32.2. The summed E-state index contributed by atoms with van der Waals surface area (Å²) in [4.78, 5) is 6.87. The van der Waals surface area contributed by atoms with E-state index in [9.17, 15) is 8.42 Å². The Kier molecular flexibility index (Phi) is 4.92. The van der Waals surface area contributed by atoms with Crippen LogP contribution in [0.5, 0.6) is 0 Å². The molecular formula is C11H21N5O2S. The zero-order chi connectivity index (χ0) is 13.7. The van der Waals surface area contributed by atoms with E-state index in [0.29, 0.717) is 24.8 Å². The first kappa shape index (κ1) is 14.4. The van der Waals surface area contributed by atoms with Gasteiger partial charge in [-0.2, -0.15) is 17.4 Å². The highest BCUT2D eigenvalue weighted by Gasteiger charge is 2.28. The van der Waals surface area contributed by atoms with Gasteiger partial charge in [0.1, 0.15) is 5.82 Å². The van der Waals surface area contributed by atoms with Crippen molar-refractivity contribution in [3.8, 4) is 0 Å². The van der Waals surface area contributed by atoms with E-state index in [-0.39, 0.29) is 6.54 Å². The molecule has 7 nitrogen and oxygen atoms in total. The van der Waals surface area contributed by atoms with Gasteiger partial charge >= 0.3 is 0 Å². The number of hydrogen-bond acceptors (Lipinski definition) is 4. The van der Waals surface area contributed by atoms with Crippen LogP contribution < -0.4 is 10.0 Å². The van der Waals surface area contributed by atoms with Crippen LogP contribution >= 0.6 is 0 Å². The van der Waals surface area contributed by atoms with Gasteiger partial charge in [0.05, 0.1) is 6.54 Å². The Bertz CT molecular complexity index is 471. The zero-order valence-electron chi connectivity index (χ0n) is 11.1. The fraction of sp³-hybridized carbons (Fsp3) is 0.727. The Morgan fingerprint density at radius 3 is 3.11 bits per heavy atom. The summed E-state index contributed by atoms with van der Waals surface area (Å²) < 4.78 is 28.5. The molecule has 0 spiro atoms. The predicted octanol–water partition coefficient (Wildman–Crippen LogP) is -0.324. The summed E-state index contributed by atoms with van der Waals surface area (Å²) in [5.74, 6) is 1.01. The first-order valence-electron chi connectivity index (χ1n) is 6.49. The van der Waals surface area contributed by atoms with Crippen LogP contribution in [0.25, 0.3) is 0 Å². The van der Waals surface area contributed by atoms with Crippen molar-refractivity contribution in [1.29, 1.82) is 0 Å². The molecular weight excluding hydrogens is 266 g/mol.